The maximum atomic E-state index is 13.6. The standard InChI is InChI=1S/C28H24FN3O4S/c29-23-6-3-7-24(14-23)37(35,36)30-25-10-11-26-22-12-18(16-32(26)28(25)34)15-31(17-22)27(33)21-9-8-19-4-1-2-5-20(19)13-21/h1-11,13-14,18,22,30H,12,15-17H2/t18-,22+/m0/s1. The fourth-order valence-corrected chi connectivity index (χ4v) is 6.62. The molecule has 0 spiro atoms. The van der Waals surface area contributed by atoms with Crippen molar-refractivity contribution in [2.75, 3.05) is 17.8 Å². The predicted molar refractivity (Wildman–Crippen MR) is 139 cm³/mol. The van der Waals surface area contributed by atoms with Crippen molar-refractivity contribution in [1.29, 1.82) is 0 Å². The molecule has 1 aromatic heterocycles. The molecule has 1 N–H and O–H groups in total. The molecule has 188 valence electrons. The van der Waals surface area contributed by atoms with Gasteiger partial charge in [0, 0.05) is 36.8 Å². The smallest absolute Gasteiger partial charge is 0.275 e. The normalized spacial score (nSPS) is 18.9. The second-order valence-corrected chi connectivity index (χ2v) is 11.4. The maximum absolute atomic E-state index is 13.6. The van der Waals surface area contributed by atoms with Gasteiger partial charge in [0.1, 0.15) is 11.5 Å². The van der Waals surface area contributed by atoms with E-state index in [4.69, 9.17) is 0 Å². The largest absolute Gasteiger partial charge is 0.338 e. The zero-order valence-electron chi connectivity index (χ0n) is 19.8. The number of rotatable bonds is 4. The Hall–Kier alpha value is -3.98. The van der Waals surface area contributed by atoms with E-state index in [0.29, 0.717) is 25.2 Å². The number of carbonyl (C=O) groups excluding carboxylic acids is 1. The summed E-state index contributed by atoms with van der Waals surface area (Å²) in [6, 6.07) is 21.5. The number of anilines is 1. The molecule has 1 fully saturated rings. The number of hydrogen-bond donors (Lipinski definition) is 1. The van der Waals surface area contributed by atoms with Crippen molar-refractivity contribution < 1.29 is 17.6 Å². The summed E-state index contributed by atoms with van der Waals surface area (Å²) in [4.78, 5) is 28.2. The number of fused-ring (bicyclic) bond motifs is 5. The number of benzene rings is 3. The van der Waals surface area contributed by atoms with Gasteiger partial charge in [-0.3, -0.25) is 14.3 Å². The summed E-state index contributed by atoms with van der Waals surface area (Å²) in [6.45, 7) is 1.39. The van der Waals surface area contributed by atoms with Gasteiger partial charge in [-0.2, -0.15) is 0 Å². The van der Waals surface area contributed by atoms with Crippen LogP contribution in [0.2, 0.25) is 0 Å². The summed E-state index contributed by atoms with van der Waals surface area (Å²) in [5, 5.41) is 2.09. The number of carbonyl (C=O) groups is 1. The highest BCUT2D eigenvalue weighted by molar-refractivity contribution is 7.92. The molecule has 9 heteroatoms. The van der Waals surface area contributed by atoms with Crippen molar-refractivity contribution in [3.63, 3.8) is 0 Å². The van der Waals surface area contributed by atoms with Gasteiger partial charge < -0.3 is 9.47 Å². The van der Waals surface area contributed by atoms with Crippen LogP contribution in [-0.2, 0) is 16.6 Å². The summed E-state index contributed by atoms with van der Waals surface area (Å²) in [7, 11) is -4.13. The predicted octanol–water partition coefficient (Wildman–Crippen LogP) is 4.20. The van der Waals surface area contributed by atoms with Crippen molar-refractivity contribution in [3.8, 4) is 0 Å². The minimum absolute atomic E-state index is 0.0292. The first-order valence-electron chi connectivity index (χ1n) is 12.1. The van der Waals surface area contributed by atoms with Gasteiger partial charge >= 0.3 is 0 Å². The van der Waals surface area contributed by atoms with E-state index in [-0.39, 0.29) is 28.3 Å². The fourth-order valence-electron chi connectivity index (χ4n) is 5.53. The first-order chi connectivity index (χ1) is 17.8. The Morgan fingerprint density at radius 1 is 0.892 bits per heavy atom. The van der Waals surface area contributed by atoms with Crippen LogP contribution in [-0.4, -0.2) is 36.9 Å². The lowest BCUT2D eigenvalue weighted by Crippen LogP contribution is -2.49. The third-order valence-corrected chi connectivity index (χ3v) is 8.60. The van der Waals surface area contributed by atoms with E-state index in [0.717, 1.165) is 35.0 Å². The zero-order valence-corrected chi connectivity index (χ0v) is 20.6. The van der Waals surface area contributed by atoms with Crippen molar-refractivity contribution >= 4 is 32.4 Å². The number of nitrogens with one attached hydrogen (secondary N) is 1. The van der Waals surface area contributed by atoms with E-state index in [1.54, 1.807) is 10.6 Å². The molecule has 3 heterocycles. The van der Waals surface area contributed by atoms with Crippen molar-refractivity contribution in [2.45, 2.75) is 23.8 Å². The van der Waals surface area contributed by atoms with Crippen LogP contribution in [0, 0.1) is 11.7 Å². The molecule has 6 rings (SSSR count). The second-order valence-electron chi connectivity index (χ2n) is 9.72. The fraction of sp³-hybridized carbons (Fsp3) is 0.214. The summed E-state index contributed by atoms with van der Waals surface area (Å²) in [5.74, 6) is -0.668. The van der Waals surface area contributed by atoms with Gasteiger partial charge in [0.15, 0.2) is 0 Å². The molecule has 2 aliphatic heterocycles. The first-order valence-corrected chi connectivity index (χ1v) is 13.6. The molecule has 1 amide bonds. The second kappa shape index (κ2) is 8.85. The lowest BCUT2D eigenvalue weighted by molar-refractivity contribution is 0.0595. The lowest BCUT2D eigenvalue weighted by atomic mass is 9.83. The van der Waals surface area contributed by atoms with Crippen LogP contribution in [0.15, 0.2) is 88.6 Å². The van der Waals surface area contributed by atoms with Gasteiger partial charge in [-0.1, -0.05) is 36.4 Å². The van der Waals surface area contributed by atoms with Crippen LogP contribution in [0.3, 0.4) is 0 Å². The van der Waals surface area contributed by atoms with E-state index in [1.165, 1.54) is 18.2 Å². The maximum Gasteiger partial charge on any atom is 0.275 e. The molecule has 4 aromatic rings. The Bertz CT molecular complexity index is 1720. The minimum Gasteiger partial charge on any atom is -0.338 e. The highest BCUT2D eigenvalue weighted by atomic mass is 32.2. The van der Waals surface area contributed by atoms with Crippen LogP contribution in [0.5, 0.6) is 0 Å². The average molecular weight is 518 g/mol. The highest BCUT2D eigenvalue weighted by Gasteiger charge is 2.37. The van der Waals surface area contributed by atoms with Crippen LogP contribution in [0.4, 0.5) is 10.1 Å². The molecule has 0 aliphatic carbocycles. The average Bonchev–Trinajstić information content (AvgIpc) is 2.89. The van der Waals surface area contributed by atoms with Crippen LogP contribution >= 0.6 is 0 Å². The molecule has 2 aliphatic rings. The Balaban J connectivity index is 1.26. The Morgan fingerprint density at radius 2 is 1.70 bits per heavy atom. The Kier molecular flexibility index (Phi) is 5.60. The number of nitrogens with zero attached hydrogens (tertiary/aromatic N) is 2. The molecule has 2 atom stereocenters. The van der Waals surface area contributed by atoms with Crippen molar-refractivity contribution in [2.24, 2.45) is 5.92 Å². The molecular weight excluding hydrogens is 493 g/mol. The molecule has 1 saturated heterocycles. The van der Waals surface area contributed by atoms with Crippen molar-refractivity contribution in [1.82, 2.24) is 9.47 Å². The highest BCUT2D eigenvalue weighted by Crippen LogP contribution is 2.36. The van der Waals surface area contributed by atoms with E-state index >= 15 is 0 Å². The van der Waals surface area contributed by atoms with Crippen LogP contribution in [0.1, 0.15) is 28.4 Å². The number of sulfonamides is 1. The Morgan fingerprint density at radius 3 is 2.51 bits per heavy atom. The number of halogens is 1. The zero-order chi connectivity index (χ0) is 25.7. The molecule has 0 saturated carbocycles. The third-order valence-electron chi connectivity index (χ3n) is 7.24. The monoisotopic (exact) mass is 517 g/mol. The molecule has 3 aromatic carbocycles. The van der Waals surface area contributed by atoms with E-state index in [1.807, 2.05) is 47.4 Å². The van der Waals surface area contributed by atoms with E-state index < -0.39 is 21.4 Å². The van der Waals surface area contributed by atoms with E-state index in [2.05, 4.69) is 4.72 Å². The quantitative estimate of drug-likeness (QED) is 0.440. The van der Waals surface area contributed by atoms with Crippen LogP contribution < -0.4 is 10.3 Å². The Labute approximate surface area is 213 Å². The first kappa shape index (κ1) is 23.4. The van der Waals surface area contributed by atoms with Gasteiger partial charge in [0.2, 0.25) is 0 Å². The number of hydrogen-bond acceptors (Lipinski definition) is 4. The van der Waals surface area contributed by atoms with Gasteiger partial charge in [0.05, 0.1) is 4.90 Å². The molecule has 37 heavy (non-hydrogen) atoms. The topological polar surface area (TPSA) is 88.5 Å². The van der Waals surface area contributed by atoms with Crippen LogP contribution in [0.25, 0.3) is 10.8 Å². The summed E-state index contributed by atoms with van der Waals surface area (Å²) in [6.07, 6.45) is 0.856. The number of pyridine rings is 1. The van der Waals surface area contributed by atoms with Gasteiger partial charge in [-0.25, -0.2) is 12.8 Å². The summed E-state index contributed by atoms with van der Waals surface area (Å²) >= 11 is 0. The van der Waals surface area contributed by atoms with Crippen molar-refractivity contribution in [3.05, 3.63) is 106 Å². The summed E-state index contributed by atoms with van der Waals surface area (Å²) < 4.78 is 42.9. The van der Waals surface area contributed by atoms with Gasteiger partial charge in [-0.05, 0) is 65.6 Å². The molecule has 7 nitrogen and oxygen atoms in total. The SMILES string of the molecule is O=C(c1ccc2ccccc2c1)N1C[C@@H]2C[C@H](C1)c1ccc(NS(=O)(=O)c3cccc(F)c3)c(=O)n1C2. The summed E-state index contributed by atoms with van der Waals surface area (Å²) in [5.41, 5.74) is 0.891. The van der Waals surface area contributed by atoms with Gasteiger partial charge in [0.25, 0.3) is 21.5 Å². The molecule has 0 radical (unpaired) electrons. The molecular formula is C28H24FN3O4S. The minimum atomic E-state index is -4.13. The number of aromatic nitrogens is 1. The number of likely N-dealkylation sites (tertiary alicyclic amines) is 1. The van der Waals surface area contributed by atoms with E-state index in [9.17, 15) is 22.4 Å². The number of piperidine rings is 1. The number of amides is 1. The lowest BCUT2D eigenvalue weighted by Gasteiger charge is -2.43. The molecule has 0 unspecified atom stereocenters. The third kappa shape index (κ3) is 4.29. The molecule has 2 bridgehead atoms. The van der Waals surface area contributed by atoms with Gasteiger partial charge in [-0.15, -0.1) is 0 Å².